The fraction of sp³-hybridized carbons (Fsp3) is 0.429. The number of anilines is 2. The van der Waals surface area contributed by atoms with Crippen molar-refractivity contribution < 1.29 is 14.7 Å². The Hall–Kier alpha value is -2.96. The van der Waals surface area contributed by atoms with Crippen LogP contribution in [0.5, 0.6) is 0 Å². The molecule has 3 atom stereocenters. The summed E-state index contributed by atoms with van der Waals surface area (Å²) < 4.78 is 0. The molecular weight excluding hydrogens is 356 g/mol. The molecule has 1 saturated carbocycles. The predicted molar refractivity (Wildman–Crippen MR) is 105 cm³/mol. The SMILES string of the molecule is CC(=O)N1c2ccc(C(=O)O)cc2[C@H](Nc2ccnc(C)n2)[C@@H](C)C1C1CC1. The molecule has 0 radical (unpaired) electrons. The largest absolute Gasteiger partial charge is 0.478 e. The number of amides is 1. The lowest BCUT2D eigenvalue weighted by Gasteiger charge is -2.46. The van der Waals surface area contributed by atoms with Gasteiger partial charge in [-0.05, 0) is 55.5 Å². The van der Waals surface area contributed by atoms with Gasteiger partial charge in [-0.1, -0.05) is 6.92 Å². The summed E-state index contributed by atoms with van der Waals surface area (Å²) >= 11 is 0. The van der Waals surface area contributed by atoms with Gasteiger partial charge in [0.25, 0.3) is 0 Å². The molecule has 0 bridgehead atoms. The zero-order chi connectivity index (χ0) is 20.0. The lowest BCUT2D eigenvalue weighted by atomic mass is 9.79. The maximum Gasteiger partial charge on any atom is 0.335 e. The Labute approximate surface area is 163 Å². The summed E-state index contributed by atoms with van der Waals surface area (Å²) in [7, 11) is 0. The number of nitrogens with zero attached hydrogens (tertiary/aromatic N) is 3. The number of carboxylic acids is 1. The number of aromatic nitrogens is 2. The van der Waals surface area contributed by atoms with Crippen LogP contribution in [0.15, 0.2) is 30.5 Å². The summed E-state index contributed by atoms with van der Waals surface area (Å²) in [6.45, 7) is 5.54. The number of carbonyl (C=O) groups is 2. The Morgan fingerprint density at radius 2 is 2.00 bits per heavy atom. The number of carboxylic acid groups (broad SMARTS) is 1. The first-order valence-electron chi connectivity index (χ1n) is 9.60. The van der Waals surface area contributed by atoms with Crippen LogP contribution in [0.2, 0.25) is 0 Å². The smallest absolute Gasteiger partial charge is 0.335 e. The Bertz CT molecular complexity index is 941. The Morgan fingerprint density at radius 3 is 2.61 bits per heavy atom. The third-order valence-corrected chi connectivity index (χ3v) is 5.76. The fourth-order valence-corrected chi connectivity index (χ4v) is 4.39. The molecule has 2 aromatic rings. The third kappa shape index (κ3) is 3.21. The molecule has 2 N–H and O–H groups in total. The van der Waals surface area contributed by atoms with Gasteiger partial charge in [-0.15, -0.1) is 0 Å². The first-order chi connectivity index (χ1) is 13.4. The first kappa shape index (κ1) is 18.4. The van der Waals surface area contributed by atoms with Gasteiger partial charge in [0.2, 0.25) is 5.91 Å². The van der Waals surface area contributed by atoms with E-state index in [4.69, 9.17) is 0 Å². The maximum absolute atomic E-state index is 12.5. The minimum atomic E-state index is -0.981. The molecule has 2 heterocycles. The van der Waals surface area contributed by atoms with Crippen molar-refractivity contribution in [3.8, 4) is 0 Å². The highest BCUT2D eigenvalue weighted by Crippen LogP contribution is 2.50. The molecule has 2 aliphatic rings. The molecule has 146 valence electrons. The van der Waals surface area contributed by atoms with Crippen LogP contribution in [0.3, 0.4) is 0 Å². The van der Waals surface area contributed by atoms with Crippen LogP contribution < -0.4 is 10.2 Å². The van der Waals surface area contributed by atoms with Crippen LogP contribution in [0.1, 0.15) is 54.5 Å². The van der Waals surface area contributed by atoms with Crippen molar-refractivity contribution in [1.29, 1.82) is 0 Å². The second kappa shape index (κ2) is 6.89. The van der Waals surface area contributed by atoms with E-state index in [2.05, 4.69) is 22.2 Å². The molecule has 1 aromatic carbocycles. The van der Waals surface area contributed by atoms with E-state index in [1.165, 1.54) is 0 Å². The van der Waals surface area contributed by atoms with Crippen LogP contribution in [0, 0.1) is 18.8 Å². The lowest BCUT2D eigenvalue weighted by Crippen LogP contribution is -2.51. The third-order valence-electron chi connectivity index (χ3n) is 5.76. The van der Waals surface area contributed by atoms with Crippen LogP contribution in [0.25, 0.3) is 0 Å². The van der Waals surface area contributed by atoms with Gasteiger partial charge in [-0.2, -0.15) is 0 Å². The number of benzene rings is 1. The molecule has 1 fully saturated rings. The van der Waals surface area contributed by atoms with Crippen molar-refractivity contribution in [3.63, 3.8) is 0 Å². The second-order valence-corrected chi connectivity index (χ2v) is 7.77. The van der Waals surface area contributed by atoms with Gasteiger partial charge in [-0.3, -0.25) is 4.79 Å². The number of fused-ring (bicyclic) bond motifs is 1. The van der Waals surface area contributed by atoms with Gasteiger partial charge in [0.1, 0.15) is 11.6 Å². The van der Waals surface area contributed by atoms with Gasteiger partial charge >= 0.3 is 5.97 Å². The Kier molecular flexibility index (Phi) is 4.53. The molecule has 1 aliphatic carbocycles. The fourth-order valence-electron chi connectivity index (χ4n) is 4.39. The predicted octanol–water partition coefficient (Wildman–Crippen LogP) is 3.42. The number of aryl methyl sites for hydroxylation is 1. The van der Waals surface area contributed by atoms with Crippen LogP contribution in [-0.2, 0) is 4.79 Å². The molecule has 0 spiro atoms. The number of hydrogen-bond acceptors (Lipinski definition) is 5. The molecule has 1 amide bonds. The molecule has 0 saturated heterocycles. The minimum absolute atomic E-state index is 0.00981. The maximum atomic E-state index is 12.5. The van der Waals surface area contributed by atoms with Crippen LogP contribution >= 0.6 is 0 Å². The van der Waals surface area contributed by atoms with Gasteiger partial charge in [-0.25, -0.2) is 14.8 Å². The minimum Gasteiger partial charge on any atom is -0.478 e. The van der Waals surface area contributed by atoms with Crippen LogP contribution in [-0.4, -0.2) is 33.0 Å². The van der Waals surface area contributed by atoms with Gasteiger partial charge < -0.3 is 15.3 Å². The Morgan fingerprint density at radius 1 is 1.25 bits per heavy atom. The number of aromatic carboxylic acids is 1. The van der Waals surface area contributed by atoms with E-state index >= 15 is 0 Å². The molecular formula is C21H24N4O3. The average Bonchev–Trinajstić information content (AvgIpc) is 3.47. The van der Waals surface area contributed by atoms with E-state index in [-0.39, 0.29) is 29.5 Å². The molecule has 4 rings (SSSR count). The molecule has 7 heteroatoms. The first-order valence-corrected chi connectivity index (χ1v) is 9.60. The van der Waals surface area contributed by atoms with Crippen molar-refractivity contribution in [3.05, 3.63) is 47.4 Å². The van der Waals surface area contributed by atoms with E-state index < -0.39 is 5.97 Å². The van der Waals surface area contributed by atoms with Crippen molar-refractivity contribution in [1.82, 2.24) is 9.97 Å². The molecule has 1 aliphatic heterocycles. The van der Waals surface area contributed by atoms with Crippen LogP contribution in [0.4, 0.5) is 11.5 Å². The summed E-state index contributed by atoms with van der Waals surface area (Å²) in [5, 5.41) is 13.0. The standard InChI is InChI=1S/C21H24N4O3/c1-11-19(24-18-8-9-22-12(2)23-18)16-10-15(21(27)28)6-7-17(16)25(13(3)26)20(11)14-4-5-14/h6-11,14,19-20H,4-5H2,1-3H3,(H,27,28)(H,22,23,24)/t11-,19-,20?/m1/s1. The summed E-state index contributed by atoms with van der Waals surface area (Å²) in [6, 6.07) is 6.76. The summed E-state index contributed by atoms with van der Waals surface area (Å²) in [6.07, 6.45) is 3.92. The normalized spacial score (nSPS) is 23.8. The number of carbonyl (C=O) groups excluding carboxylic acids is 1. The zero-order valence-corrected chi connectivity index (χ0v) is 16.2. The highest BCUT2D eigenvalue weighted by atomic mass is 16.4. The quantitative estimate of drug-likeness (QED) is 0.844. The van der Waals surface area contributed by atoms with Gasteiger partial charge in [0.05, 0.1) is 11.6 Å². The van der Waals surface area contributed by atoms with Crippen molar-refractivity contribution >= 4 is 23.4 Å². The lowest BCUT2D eigenvalue weighted by molar-refractivity contribution is -0.117. The molecule has 1 aromatic heterocycles. The monoisotopic (exact) mass is 380 g/mol. The van der Waals surface area contributed by atoms with Crippen molar-refractivity contribution in [2.45, 2.75) is 45.7 Å². The zero-order valence-electron chi connectivity index (χ0n) is 16.2. The highest BCUT2D eigenvalue weighted by molar-refractivity contribution is 5.96. The summed E-state index contributed by atoms with van der Waals surface area (Å²) in [5.74, 6) is 0.944. The highest BCUT2D eigenvalue weighted by Gasteiger charge is 2.47. The molecule has 28 heavy (non-hydrogen) atoms. The van der Waals surface area contributed by atoms with E-state index in [0.717, 1.165) is 24.1 Å². The van der Waals surface area contributed by atoms with E-state index in [0.29, 0.717) is 17.6 Å². The van der Waals surface area contributed by atoms with Gasteiger partial charge in [0.15, 0.2) is 0 Å². The number of rotatable bonds is 4. The van der Waals surface area contributed by atoms with Crippen molar-refractivity contribution in [2.75, 3.05) is 10.2 Å². The van der Waals surface area contributed by atoms with Gasteiger partial charge in [0, 0.05) is 30.8 Å². The number of hydrogen-bond donors (Lipinski definition) is 2. The summed E-state index contributed by atoms with van der Waals surface area (Å²) in [5.41, 5.74) is 1.82. The van der Waals surface area contributed by atoms with E-state index in [1.807, 2.05) is 17.9 Å². The second-order valence-electron chi connectivity index (χ2n) is 7.77. The van der Waals surface area contributed by atoms with E-state index in [9.17, 15) is 14.7 Å². The molecule has 7 nitrogen and oxygen atoms in total. The van der Waals surface area contributed by atoms with Crippen molar-refractivity contribution in [2.24, 2.45) is 11.8 Å². The topological polar surface area (TPSA) is 95.4 Å². The molecule has 1 unspecified atom stereocenters. The summed E-state index contributed by atoms with van der Waals surface area (Å²) in [4.78, 5) is 34.6. The van der Waals surface area contributed by atoms with E-state index in [1.54, 1.807) is 31.3 Å². The Balaban J connectivity index is 1.83. The number of nitrogens with one attached hydrogen (secondary N) is 1. The average molecular weight is 380 g/mol.